The van der Waals surface area contributed by atoms with Crippen LogP contribution in [-0.2, 0) is 0 Å². The molecule has 1 saturated heterocycles. The zero-order chi connectivity index (χ0) is 26.7. The zero-order valence-electron chi connectivity index (χ0n) is 20.8. The Kier molecular flexibility index (Phi) is 8.47. The first-order chi connectivity index (χ1) is 17.7. The average molecular weight is 543 g/mol. The number of nitrogens with two attached hydrogens (primary N) is 1. The van der Waals surface area contributed by atoms with Crippen LogP contribution >= 0.6 is 23.2 Å². The molecule has 0 spiro atoms. The van der Waals surface area contributed by atoms with Gasteiger partial charge in [0.1, 0.15) is 11.6 Å². The average Bonchev–Trinajstić information content (AvgIpc) is 2.86. The lowest BCUT2D eigenvalue weighted by Gasteiger charge is -2.29. The Labute approximate surface area is 226 Å². The number of benzene rings is 2. The summed E-state index contributed by atoms with van der Waals surface area (Å²) in [6.45, 7) is 1.93. The van der Waals surface area contributed by atoms with Crippen LogP contribution in [0.15, 0.2) is 48.7 Å². The van der Waals surface area contributed by atoms with Gasteiger partial charge in [-0.05, 0) is 87.3 Å². The zero-order valence-corrected chi connectivity index (χ0v) is 22.3. The van der Waals surface area contributed by atoms with Gasteiger partial charge < -0.3 is 10.6 Å². The number of rotatable bonds is 5. The molecule has 0 bridgehead atoms. The molecule has 194 valence electrons. The Morgan fingerprint density at radius 3 is 2.59 bits per heavy atom. The van der Waals surface area contributed by atoms with E-state index in [2.05, 4.69) is 16.9 Å². The number of pyridine rings is 1. The van der Waals surface area contributed by atoms with E-state index >= 15 is 0 Å². The maximum Gasteiger partial charge on any atom is 0.263 e. The summed E-state index contributed by atoms with van der Waals surface area (Å²) in [6, 6.07) is 11.0. The van der Waals surface area contributed by atoms with Crippen LogP contribution in [0.5, 0.6) is 0 Å². The summed E-state index contributed by atoms with van der Waals surface area (Å²) in [5, 5.41) is 0.489. The second-order valence-corrected chi connectivity index (χ2v) is 10.3. The number of anilines is 1. The highest BCUT2D eigenvalue weighted by Gasteiger charge is 2.27. The van der Waals surface area contributed by atoms with E-state index in [0.29, 0.717) is 27.5 Å². The third-order valence-electron chi connectivity index (χ3n) is 6.90. The molecule has 2 aromatic carbocycles. The predicted octanol–water partition coefficient (Wildman–Crippen LogP) is 6.16. The summed E-state index contributed by atoms with van der Waals surface area (Å²) in [5.41, 5.74) is 7.80. The van der Waals surface area contributed by atoms with Crippen molar-refractivity contribution in [2.24, 2.45) is 5.73 Å². The summed E-state index contributed by atoms with van der Waals surface area (Å²) in [6.07, 6.45) is 5.48. The Bertz CT molecular complexity index is 1310. The number of likely N-dealkylation sites (tertiary alicyclic amines) is 1. The Balaban J connectivity index is 1.83. The van der Waals surface area contributed by atoms with Crippen LogP contribution in [0.4, 0.5) is 10.2 Å². The standard InChI is InChI=1S/C28H29Cl2FN4O2/c1-34-12-4-3-6-17(11-13-34)21-15-19(20-14-18(26(32)36)9-10-22(20)29)16-33-27(21)35(2)28(37)25-23(30)7-5-8-24(25)31/h5,7-10,14-17H,3-4,6,11-13H2,1-2H3,(H2,32,36). The largest absolute Gasteiger partial charge is 0.366 e. The second-order valence-electron chi connectivity index (χ2n) is 9.44. The number of primary amides is 1. The monoisotopic (exact) mass is 542 g/mol. The molecule has 0 aliphatic carbocycles. The van der Waals surface area contributed by atoms with Crippen molar-refractivity contribution >= 4 is 40.8 Å². The number of aromatic nitrogens is 1. The van der Waals surface area contributed by atoms with E-state index in [1.54, 1.807) is 31.4 Å². The van der Waals surface area contributed by atoms with Gasteiger partial charge in [0.05, 0.1) is 10.6 Å². The SMILES string of the molecule is CN1CCCCC(c2cc(-c3cc(C(N)=O)ccc3Cl)cnc2N(C)C(=O)c2c(F)cccc2Cl)CC1. The van der Waals surface area contributed by atoms with Crippen LogP contribution < -0.4 is 10.6 Å². The molecule has 6 nitrogen and oxygen atoms in total. The topological polar surface area (TPSA) is 79.5 Å². The first-order valence-corrected chi connectivity index (χ1v) is 12.9. The molecule has 0 radical (unpaired) electrons. The summed E-state index contributed by atoms with van der Waals surface area (Å²) >= 11 is 12.7. The van der Waals surface area contributed by atoms with E-state index in [-0.39, 0.29) is 16.5 Å². The van der Waals surface area contributed by atoms with Gasteiger partial charge in [0.15, 0.2) is 0 Å². The van der Waals surface area contributed by atoms with E-state index in [9.17, 15) is 14.0 Å². The Morgan fingerprint density at radius 2 is 1.86 bits per heavy atom. The number of hydrogen-bond acceptors (Lipinski definition) is 4. The number of carbonyl (C=O) groups is 2. The molecule has 1 aliphatic rings. The van der Waals surface area contributed by atoms with Crippen molar-refractivity contribution in [1.29, 1.82) is 0 Å². The fourth-order valence-electron chi connectivity index (χ4n) is 4.78. The van der Waals surface area contributed by atoms with Gasteiger partial charge in [-0.1, -0.05) is 35.7 Å². The van der Waals surface area contributed by atoms with Crippen LogP contribution in [0.2, 0.25) is 10.0 Å². The lowest BCUT2D eigenvalue weighted by atomic mass is 9.87. The number of halogens is 3. The van der Waals surface area contributed by atoms with Gasteiger partial charge in [0, 0.05) is 35.0 Å². The van der Waals surface area contributed by atoms with Gasteiger partial charge in [-0.15, -0.1) is 0 Å². The number of carbonyl (C=O) groups excluding carboxylic acids is 2. The minimum atomic E-state index is -0.690. The molecule has 3 aromatic rings. The van der Waals surface area contributed by atoms with Gasteiger partial charge in [0.2, 0.25) is 5.91 Å². The Hall–Kier alpha value is -3.00. The van der Waals surface area contributed by atoms with Crippen LogP contribution in [0.25, 0.3) is 11.1 Å². The van der Waals surface area contributed by atoms with Crippen LogP contribution in [0.3, 0.4) is 0 Å². The first-order valence-electron chi connectivity index (χ1n) is 12.2. The third kappa shape index (κ3) is 5.95. The molecule has 0 saturated carbocycles. The van der Waals surface area contributed by atoms with Crippen molar-refractivity contribution < 1.29 is 14.0 Å². The summed E-state index contributed by atoms with van der Waals surface area (Å²) < 4.78 is 14.6. The lowest BCUT2D eigenvalue weighted by molar-refractivity contribution is 0.0984. The molecule has 1 atom stereocenters. The molecule has 2 amide bonds. The van der Waals surface area contributed by atoms with Crippen molar-refractivity contribution in [2.45, 2.75) is 31.6 Å². The highest BCUT2D eigenvalue weighted by molar-refractivity contribution is 6.34. The maximum atomic E-state index is 14.6. The second kappa shape index (κ2) is 11.6. The van der Waals surface area contributed by atoms with Crippen molar-refractivity contribution in [3.8, 4) is 11.1 Å². The molecule has 9 heteroatoms. The number of hydrogen-bond donors (Lipinski definition) is 1. The van der Waals surface area contributed by atoms with Crippen molar-refractivity contribution in [3.05, 3.63) is 81.2 Å². The van der Waals surface area contributed by atoms with E-state index in [1.165, 1.54) is 23.1 Å². The van der Waals surface area contributed by atoms with Crippen LogP contribution in [-0.4, -0.2) is 48.9 Å². The molecule has 2 N–H and O–H groups in total. The molecule has 2 heterocycles. The van der Waals surface area contributed by atoms with Crippen LogP contribution in [0, 0.1) is 5.82 Å². The highest BCUT2D eigenvalue weighted by atomic mass is 35.5. The molecule has 37 heavy (non-hydrogen) atoms. The van der Waals surface area contributed by atoms with Gasteiger partial charge in [0.25, 0.3) is 5.91 Å². The molecule has 1 unspecified atom stereocenters. The summed E-state index contributed by atoms with van der Waals surface area (Å²) in [4.78, 5) is 33.5. The molecule has 1 aromatic heterocycles. The van der Waals surface area contributed by atoms with Crippen molar-refractivity contribution in [3.63, 3.8) is 0 Å². The van der Waals surface area contributed by atoms with Gasteiger partial charge in [-0.3, -0.25) is 14.5 Å². The van der Waals surface area contributed by atoms with Crippen molar-refractivity contribution in [2.75, 3.05) is 32.1 Å². The number of amides is 2. The summed E-state index contributed by atoms with van der Waals surface area (Å²) in [7, 11) is 3.68. The predicted molar refractivity (Wildman–Crippen MR) is 146 cm³/mol. The van der Waals surface area contributed by atoms with E-state index in [4.69, 9.17) is 28.9 Å². The normalized spacial score (nSPS) is 16.6. The quantitative estimate of drug-likeness (QED) is 0.418. The van der Waals surface area contributed by atoms with Gasteiger partial charge in [-0.25, -0.2) is 9.37 Å². The minimum absolute atomic E-state index is 0.0395. The molecular weight excluding hydrogens is 514 g/mol. The molecular formula is C28H29Cl2FN4O2. The molecule has 4 rings (SSSR count). The van der Waals surface area contributed by atoms with E-state index in [0.717, 1.165) is 44.3 Å². The molecule has 1 fully saturated rings. The number of nitrogens with zero attached hydrogens (tertiary/aromatic N) is 3. The van der Waals surface area contributed by atoms with E-state index < -0.39 is 17.6 Å². The maximum absolute atomic E-state index is 14.6. The molecule has 1 aliphatic heterocycles. The van der Waals surface area contributed by atoms with E-state index in [1.807, 2.05) is 6.07 Å². The Morgan fingerprint density at radius 1 is 1.08 bits per heavy atom. The summed E-state index contributed by atoms with van der Waals surface area (Å²) in [5.74, 6) is -1.29. The lowest BCUT2D eigenvalue weighted by Crippen LogP contribution is -2.30. The first kappa shape index (κ1) is 27.0. The van der Waals surface area contributed by atoms with Gasteiger partial charge in [-0.2, -0.15) is 0 Å². The van der Waals surface area contributed by atoms with Gasteiger partial charge >= 0.3 is 0 Å². The smallest absolute Gasteiger partial charge is 0.263 e. The fourth-order valence-corrected chi connectivity index (χ4v) is 5.25. The van der Waals surface area contributed by atoms with Crippen LogP contribution in [0.1, 0.15) is 57.9 Å². The minimum Gasteiger partial charge on any atom is -0.366 e. The third-order valence-corrected chi connectivity index (χ3v) is 7.54. The van der Waals surface area contributed by atoms with Crippen molar-refractivity contribution in [1.82, 2.24) is 9.88 Å². The fraction of sp³-hybridized carbons (Fsp3) is 0.321. The highest BCUT2D eigenvalue weighted by Crippen LogP contribution is 2.38.